The van der Waals surface area contributed by atoms with Gasteiger partial charge in [0.2, 0.25) is 5.72 Å². The van der Waals surface area contributed by atoms with Gasteiger partial charge in [0.1, 0.15) is 0 Å². The molecule has 1 heterocycles. The van der Waals surface area contributed by atoms with E-state index in [0.717, 1.165) is 21.3 Å². The fourth-order valence-electron chi connectivity index (χ4n) is 3.04. The Kier molecular flexibility index (Phi) is 3.62. The first-order valence-corrected chi connectivity index (χ1v) is 8.40. The Morgan fingerprint density at radius 1 is 0.875 bits per heavy atom. The van der Waals surface area contributed by atoms with Crippen molar-refractivity contribution in [2.24, 2.45) is 0 Å². The second kappa shape index (κ2) is 5.80. The van der Waals surface area contributed by atoms with Crippen LogP contribution in [0, 0.1) is 0 Å². The zero-order chi connectivity index (χ0) is 16.6. The lowest BCUT2D eigenvalue weighted by molar-refractivity contribution is 0.0212. The zero-order valence-electron chi connectivity index (χ0n) is 12.7. The molecule has 3 nitrogen and oxygen atoms in total. The predicted octanol–water partition coefficient (Wildman–Crippen LogP) is 4.93. The van der Waals surface area contributed by atoms with E-state index in [-0.39, 0.29) is 5.97 Å². The highest BCUT2D eigenvalue weighted by Gasteiger charge is 2.47. The van der Waals surface area contributed by atoms with E-state index in [1.807, 2.05) is 72.8 Å². The van der Waals surface area contributed by atoms with E-state index in [9.17, 15) is 4.79 Å². The predicted molar refractivity (Wildman–Crippen MR) is 96.8 cm³/mol. The maximum atomic E-state index is 12.4. The van der Waals surface area contributed by atoms with Crippen LogP contribution in [0.5, 0.6) is 0 Å². The SMILES string of the molecule is O=C1O[C@@](Nc2cccc(Br)c2)(c2ccccc2)c2ccccc21. The number of hydrogen-bond donors (Lipinski definition) is 1. The Bertz CT molecular complexity index is 910. The number of carbonyl (C=O) groups is 1. The van der Waals surface area contributed by atoms with Crippen molar-refractivity contribution in [1.82, 2.24) is 0 Å². The number of benzene rings is 3. The number of fused-ring (bicyclic) bond motifs is 1. The molecule has 0 aromatic heterocycles. The summed E-state index contributed by atoms with van der Waals surface area (Å²) < 4.78 is 6.84. The van der Waals surface area contributed by atoms with Crippen LogP contribution < -0.4 is 5.32 Å². The maximum absolute atomic E-state index is 12.4. The molecule has 0 bridgehead atoms. The Labute approximate surface area is 148 Å². The van der Waals surface area contributed by atoms with Gasteiger partial charge in [0.15, 0.2) is 0 Å². The largest absolute Gasteiger partial charge is 0.427 e. The monoisotopic (exact) mass is 379 g/mol. The molecule has 4 rings (SSSR count). The molecule has 0 spiro atoms. The molecule has 0 saturated heterocycles. The molecule has 3 aromatic rings. The van der Waals surface area contributed by atoms with E-state index >= 15 is 0 Å². The summed E-state index contributed by atoms with van der Waals surface area (Å²) in [5.74, 6) is -0.322. The average molecular weight is 380 g/mol. The number of nitrogens with one attached hydrogen (secondary N) is 1. The Morgan fingerprint density at radius 3 is 2.42 bits per heavy atom. The number of esters is 1. The van der Waals surface area contributed by atoms with Crippen LogP contribution in [0.2, 0.25) is 0 Å². The fraction of sp³-hybridized carbons (Fsp3) is 0.0500. The molecule has 1 aliphatic rings. The first kappa shape index (κ1) is 15.0. The summed E-state index contributed by atoms with van der Waals surface area (Å²) in [6, 6.07) is 25.0. The van der Waals surface area contributed by atoms with Gasteiger partial charge in [-0.3, -0.25) is 0 Å². The molecule has 0 unspecified atom stereocenters. The van der Waals surface area contributed by atoms with E-state index in [1.54, 1.807) is 6.07 Å². The highest BCUT2D eigenvalue weighted by molar-refractivity contribution is 9.10. The van der Waals surface area contributed by atoms with Gasteiger partial charge in [-0.05, 0) is 24.3 Å². The molecular formula is C20H14BrNO2. The molecule has 0 fully saturated rings. The third-order valence-electron chi connectivity index (χ3n) is 4.10. The Hall–Kier alpha value is -2.59. The van der Waals surface area contributed by atoms with Gasteiger partial charge in [0, 0.05) is 21.3 Å². The van der Waals surface area contributed by atoms with Gasteiger partial charge in [-0.15, -0.1) is 0 Å². The molecular weight excluding hydrogens is 366 g/mol. The van der Waals surface area contributed by atoms with Gasteiger partial charge in [-0.2, -0.15) is 0 Å². The van der Waals surface area contributed by atoms with Crippen LogP contribution in [0.15, 0.2) is 83.3 Å². The molecule has 1 N–H and O–H groups in total. The van der Waals surface area contributed by atoms with Crippen LogP contribution in [0.1, 0.15) is 21.5 Å². The summed E-state index contributed by atoms with van der Waals surface area (Å²) in [6.07, 6.45) is 0. The van der Waals surface area contributed by atoms with Crippen LogP contribution in [-0.2, 0) is 10.5 Å². The summed E-state index contributed by atoms with van der Waals surface area (Å²) in [4.78, 5) is 12.4. The standard InChI is InChI=1S/C20H14BrNO2/c21-15-9-6-10-16(13-15)22-20(14-7-2-1-3-8-14)18-12-5-4-11-17(18)19(23)24-20/h1-13,22H/t20-/m0/s1. The van der Waals surface area contributed by atoms with Crippen LogP contribution in [0.3, 0.4) is 0 Å². The van der Waals surface area contributed by atoms with Crippen molar-refractivity contribution in [2.75, 3.05) is 5.32 Å². The summed E-state index contributed by atoms with van der Waals surface area (Å²) in [6.45, 7) is 0. The Morgan fingerprint density at radius 2 is 1.62 bits per heavy atom. The van der Waals surface area contributed by atoms with Crippen molar-refractivity contribution < 1.29 is 9.53 Å². The van der Waals surface area contributed by atoms with Gasteiger partial charge in [-0.25, -0.2) is 4.79 Å². The summed E-state index contributed by atoms with van der Waals surface area (Å²) in [5, 5.41) is 3.43. The number of ether oxygens (including phenoxy) is 1. The van der Waals surface area contributed by atoms with E-state index in [1.165, 1.54) is 0 Å². The number of rotatable bonds is 3. The van der Waals surface area contributed by atoms with Crippen LogP contribution in [0.4, 0.5) is 5.69 Å². The minimum absolute atomic E-state index is 0.322. The molecule has 118 valence electrons. The van der Waals surface area contributed by atoms with Crippen molar-refractivity contribution >= 4 is 27.6 Å². The van der Waals surface area contributed by atoms with Crippen LogP contribution in [-0.4, -0.2) is 5.97 Å². The molecule has 0 amide bonds. The summed E-state index contributed by atoms with van der Waals surface area (Å²) in [5.41, 5.74) is 2.11. The van der Waals surface area contributed by atoms with Gasteiger partial charge in [0.25, 0.3) is 0 Å². The normalized spacial score (nSPS) is 18.8. The van der Waals surface area contributed by atoms with E-state index in [4.69, 9.17) is 4.74 Å². The van der Waals surface area contributed by atoms with Crippen molar-refractivity contribution in [3.05, 3.63) is 100 Å². The summed E-state index contributed by atoms with van der Waals surface area (Å²) >= 11 is 3.48. The van der Waals surface area contributed by atoms with Gasteiger partial charge >= 0.3 is 5.97 Å². The number of anilines is 1. The summed E-state index contributed by atoms with van der Waals surface area (Å²) in [7, 11) is 0. The second-order valence-corrected chi connectivity index (χ2v) is 6.53. The third kappa shape index (κ3) is 2.39. The highest BCUT2D eigenvalue weighted by Crippen LogP contribution is 2.42. The third-order valence-corrected chi connectivity index (χ3v) is 4.59. The van der Waals surface area contributed by atoms with E-state index in [0.29, 0.717) is 5.56 Å². The fourth-order valence-corrected chi connectivity index (χ4v) is 3.44. The molecule has 1 atom stereocenters. The lowest BCUT2D eigenvalue weighted by Crippen LogP contribution is -2.36. The van der Waals surface area contributed by atoms with Gasteiger partial charge < -0.3 is 10.1 Å². The molecule has 1 aliphatic heterocycles. The Balaban J connectivity index is 1.91. The first-order valence-electron chi connectivity index (χ1n) is 7.61. The maximum Gasteiger partial charge on any atom is 0.341 e. The molecule has 0 saturated carbocycles. The van der Waals surface area contributed by atoms with E-state index < -0.39 is 5.72 Å². The second-order valence-electron chi connectivity index (χ2n) is 5.62. The number of carbonyl (C=O) groups excluding carboxylic acids is 1. The molecule has 3 aromatic carbocycles. The molecule has 0 aliphatic carbocycles. The minimum Gasteiger partial charge on any atom is -0.427 e. The van der Waals surface area contributed by atoms with Crippen molar-refractivity contribution in [2.45, 2.75) is 5.72 Å². The lowest BCUT2D eigenvalue weighted by atomic mass is 9.92. The zero-order valence-corrected chi connectivity index (χ0v) is 14.3. The minimum atomic E-state index is -1.03. The van der Waals surface area contributed by atoms with Crippen molar-refractivity contribution in [1.29, 1.82) is 0 Å². The van der Waals surface area contributed by atoms with Gasteiger partial charge in [0.05, 0.1) is 5.56 Å². The number of halogens is 1. The van der Waals surface area contributed by atoms with Crippen molar-refractivity contribution in [3.63, 3.8) is 0 Å². The lowest BCUT2D eigenvalue weighted by Gasteiger charge is -2.31. The van der Waals surface area contributed by atoms with Gasteiger partial charge in [-0.1, -0.05) is 70.5 Å². The highest BCUT2D eigenvalue weighted by atomic mass is 79.9. The van der Waals surface area contributed by atoms with Crippen LogP contribution >= 0.6 is 15.9 Å². The van der Waals surface area contributed by atoms with Crippen LogP contribution in [0.25, 0.3) is 0 Å². The first-order chi connectivity index (χ1) is 11.7. The van der Waals surface area contributed by atoms with Crippen molar-refractivity contribution in [3.8, 4) is 0 Å². The van der Waals surface area contributed by atoms with E-state index in [2.05, 4.69) is 21.2 Å². The topological polar surface area (TPSA) is 38.3 Å². The number of cyclic esters (lactones) is 1. The average Bonchev–Trinajstić information content (AvgIpc) is 2.89. The molecule has 0 radical (unpaired) electrons. The quantitative estimate of drug-likeness (QED) is 0.655. The number of hydrogen-bond acceptors (Lipinski definition) is 3. The smallest absolute Gasteiger partial charge is 0.341 e. The molecule has 4 heteroatoms. The molecule has 24 heavy (non-hydrogen) atoms.